The van der Waals surface area contributed by atoms with Crippen molar-refractivity contribution >= 4 is 11.6 Å². The fourth-order valence-electron chi connectivity index (χ4n) is 1.81. The average Bonchev–Trinajstić information content (AvgIpc) is 2.46. The number of nitrogens with zero attached hydrogens (tertiary/aromatic N) is 2. The summed E-state index contributed by atoms with van der Waals surface area (Å²) in [5.41, 5.74) is 2.10. The Kier molecular flexibility index (Phi) is 4.61. The molecule has 0 amide bonds. The van der Waals surface area contributed by atoms with Gasteiger partial charge in [0.15, 0.2) is 0 Å². The van der Waals surface area contributed by atoms with Gasteiger partial charge in [0.1, 0.15) is 0 Å². The van der Waals surface area contributed by atoms with E-state index in [1.807, 2.05) is 18.7 Å². The Morgan fingerprint density at radius 3 is 2.73 bits per heavy atom. The maximum atomic E-state index is 6.23. The van der Waals surface area contributed by atoms with Crippen LogP contribution in [0.15, 0.2) is 0 Å². The first-order valence-electron chi connectivity index (χ1n) is 5.46. The van der Waals surface area contributed by atoms with Crippen LogP contribution in [0.5, 0.6) is 0 Å². The molecule has 0 aliphatic rings. The van der Waals surface area contributed by atoms with Crippen molar-refractivity contribution in [3.63, 3.8) is 0 Å². The van der Waals surface area contributed by atoms with Gasteiger partial charge in [-0.3, -0.25) is 4.68 Å². The van der Waals surface area contributed by atoms with Crippen LogP contribution >= 0.6 is 11.6 Å². The van der Waals surface area contributed by atoms with Crippen molar-refractivity contribution in [1.82, 2.24) is 15.1 Å². The van der Waals surface area contributed by atoms with Crippen LogP contribution in [-0.2, 0) is 13.0 Å². The van der Waals surface area contributed by atoms with Gasteiger partial charge < -0.3 is 5.32 Å². The zero-order valence-electron chi connectivity index (χ0n) is 9.97. The molecule has 0 aromatic carbocycles. The second kappa shape index (κ2) is 5.52. The van der Waals surface area contributed by atoms with E-state index in [1.54, 1.807) is 0 Å². The highest BCUT2D eigenvalue weighted by molar-refractivity contribution is 6.31. The molecule has 0 saturated carbocycles. The Balaban J connectivity index is 2.82. The molecular weight excluding hydrogens is 210 g/mol. The minimum atomic E-state index is 0.578. The van der Waals surface area contributed by atoms with Crippen LogP contribution in [0.2, 0.25) is 5.02 Å². The molecule has 0 saturated heterocycles. The Bertz CT molecular complexity index is 320. The highest BCUT2D eigenvalue weighted by atomic mass is 35.5. The molecule has 1 heterocycles. The van der Waals surface area contributed by atoms with E-state index in [0.717, 1.165) is 30.2 Å². The number of hydrogen-bond acceptors (Lipinski definition) is 2. The van der Waals surface area contributed by atoms with E-state index >= 15 is 0 Å². The van der Waals surface area contributed by atoms with Crippen LogP contribution in [0.3, 0.4) is 0 Å². The fraction of sp³-hybridized carbons (Fsp3) is 0.727. The summed E-state index contributed by atoms with van der Waals surface area (Å²) in [4.78, 5) is 0. The van der Waals surface area contributed by atoms with Gasteiger partial charge in [0.2, 0.25) is 0 Å². The van der Waals surface area contributed by atoms with E-state index in [1.165, 1.54) is 5.69 Å². The summed E-state index contributed by atoms with van der Waals surface area (Å²) in [7, 11) is 1.97. The number of aryl methyl sites for hydroxylation is 2. The fourth-order valence-corrected chi connectivity index (χ4v) is 2.03. The molecular formula is C11H20ClN3. The smallest absolute Gasteiger partial charge is 0.0847 e. The van der Waals surface area contributed by atoms with Crippen molar-refractivity contribution in [3.05, 3.63) is 16.4 Å². The topological polar surface area (TPSA) is 29.9 Å². The average molecular weight is 230 g/mol. The molecule has 1 unspecified atom stereocenters. The second-order valence-corrected chi connectivity index (χ2v) is 4.41. The predicted molar refractivity (Wildman–Crippen MR) is 64.4 cm³/mol. The quantitative estimate of drug-likeness (QED) is 0.840. The molecule has 0 fully saturated rings. The summed E-state index contributed by atoms with van der Waals surface area (Å²) in [5, 5.41) is 8.42. The first-order valence-corrected chi connectivity index (χ1v) is 5.84. The molecule has 0 aliphatic carbocycles. The minimum Gasteiger partial charge on any atom is -0.319 e. The third-order valence-corrected chi connectivity index (χ3v) is 3.04. The van der Waals surface area contributed by atoms with Crippen molar-refractivity contribution in [2.75, 3.05) is 13.6 Å². The molecule has 0 bridgehead atoms. The van der Waals surface area contributed by atoms with E-state index in [4.69, 9.17) is 11.6 Å². The molecule has 3 nitrogen and oxygen atoms in total. The zero-order chi connectivity index (χ0) is 11.4. The molecule has 0 spiro atoms. The van der Waals surface area contributed by atoms with Crippen molar-refractivity contribution in [3.8, 4) is 0 Å². The van der Waals surface area contributed by atoms with Crippen LogP contribution in [0.25, 0.3) is 0 Å². The number of rotatable bonds is 5. The van der Waals surface area contributed by atoms with E-state index < -0.39 is 0 Å². The Labute approximate surface area is 96.8 Å². The predicted octanol–water partition coefficient (Wildman–Crippen LogP) is 2.26. The lowest BCUT2D eigenvalue weighted by molar-refractivity contribution is 0.508. The monoisotopic (exact) mass is 229 g/mol. The summed E-state index contributed by atoms with van der Waals surface area (Å²) in [5.74, 6) is 0.578. The normalized spacial score (nSPS) is 13.1. The number of nitrogens with one attached hydrogen (secondary N) is 1. The number of aromatic nitrogens is 2. The van der Waals surface area contributed by atoms with E-state index in [2.05, 4.69) is 24.3 Å². The van der Waals surface area contributed by atoms with Crippen LogP contribution in [0, 0.1) is 12.8 Å². The van der Waals surface area contributed by atoms with E-state index in [-0.39, 0.29) is 0 Å². The molecule has 4 heteroatoms. The summed E-state index contributed by atoms with van der Waals surface area (Å²) in [6, 6.07) is 0. The zero-order valence-corrected chi connectivity index (χ0v) is 10.7. The van der Waals surface area contributed by atoms with Crippen LogP contribution < -0.4 is 5.32 Å². The Morgan fingerprint density at radius 2 is 2.20 bits per heavy atom. The second-order valence-electron chi connectivity index (χ2n) is 4.03. The molecule has 1 atom stereocenters. The molecule has 1 rings (SSSR count). The lowest BCUT2D eigenvalue weighted by Crippen LogP contribution is -2.19. The van der Waals surface area contributed by atoms with Gasteiger partial charge in [0, 0.05) is 6.54 Å². The standard InChI is InChI=1S/C11H20ClN3/c1-5-15-10(6-8(2)7-13-4)11(12)9(3)14-15/h8,13H,5-7H2,1-4H3. The van der Waals surface area contributed by atoms with Gasteiger partial charge in [-0.05, 0) is 39.8 Å². The largest absolute Gasteiger partial charge is 0.319 e. The molecule has 0 aliphatic heterocycles. The summed E-state index contributed by atoms with van der Waals surface area (Å²) < 4.78 is 2.00. The molecule has 0 radical (unpaired) electrons. The van der Waals surface area contributed by atoms with E-state index in [9.17, 15) is 0 Å². The van der Waals surface area contributed by atoms with Gasteiger partial charge in [0.05, 0.1) is 16.4 Å². The van der Waals surface area contributed by atoms with Crippen LogP contribution in [0.4, 0.5) is 0 Å². The summed E-state index contributed by atoms with van der Waals surface area (Å²) in [6.45, 7) is 8.16. The summed E-state index contributed by atoms with van der Waals surface area (Å²) in [6.07, 6.45) is 0.981. The third kappa shape index (κ3) is 2.95. The first kappa shape index (κ1) is 12.5. The van der Waals surface area contributed by atoms with E-state index in [0.29, 0.717) is 5.92 Å². The molecule has 1 aromatic rings. The Morgan fingerprint density at radius 1 is 1.53 bits per heavy atom. The highest BCUT2D eigenvalue weighted by Crippen LogP contribution is 2.22. The van der Waals surface area contributed by atoms with Crippen molar-refractivity contribution < 1.29 is 0 Å². The van der Waals surface area contributed by atoms with Crippen molar-refractivity contribution in [2.24, 2.45) is 5.92 Å². The number of halogens is 1. The maximum absolute atomic E-state index is 6.23. The lowest BCUT2D eigenvalue weighted by atomic mass is 10.1. The van der Waals surface area contributed by atoms with Gasteiger partial charge in [-0.2, -0.15) is 5.10 Å². The third-order valence-electron chi connectivity index (χ3n) is 2.55. The van der Waals surface area contributed by atoms with Gasteiger partial charge >= 0.3 is 0 Å². The van der Waals surface area contributed by atoms with Gasteiger partial charge in [0.25, 0.3) is 0 Å². The summed E-state index contributed by atoms with van der Waals surface area (Å²) >= 11 is 6.23. The lowest BCUT2D eigenvalue weighted by Gasteiger charge is -2.12. The number of hydrogen-bond donors (Lipinski definition) is 1. The molecule has 1 aromatic heterocycles. The van der Waals surface area contributed by atoms with Crippen molar-refractivity contribution in [1.29, 1.82) is 0 Å². The Hall–Kier alpha value is -0.540. The van der Waals surface area contributed by atoms with Gasteiger partial charge in [-0.1, -0.05) is 18.5 Å². The minimum absolute atomic E-state index is 0.578. The molecule has 1 N–H and O–H groups in total. The molecule has 15 heavy (non-hydrogen) atoms. The van der Waals surface area contributed by atoms with Gasteiger partial charge in [-0.15, -0.1) is 0 Å². The van der Waals surface area contributed by atoms with Crippen LogP contribution in [-0.4, -0.2) is 23.4 Å². The highest BCUT2D eigenvalue weighted by Gasteiger charge is 2.14. The van der Waals surface area contributed by atoms with Crippen molar-refractivity contribution in [2.45, 2.75) is 33.7 Å². The first-order chi connectivity index (χ1) is 7.10. The SMILES string of the molecule is CCn1nc(C)c(Cl)c1CC(C)CNC. The van der Waals surface area contributed by atoms with Gasteiger partial charge in [-0.25, -0.2) is 0 Å². The van der Waals surface area contributed by atoms with Crippen LogP contribution in [0.1, 0.15) is 25.2 Å². The molecule has 86 valence electrons. The maximum Gasteiger partial charge on any atom is 0.0847 e.